The fourth-order valence-corrected chi connectivity index (χ4v) is 8.44. The standard InChI is InChI=1S/C47H58FNO12Si/c1-27-11-19-35(20-12-27)49-42(37(46(49)55)22-23-38(54)33-15-17-34(48)18-16-33)36-21-13-32(25-40(36)61-62(9,10)47(6,7)8)14-24-39-43(57-29(3)51)45(59-31(5)53)44(58-30(4)52)41(60-39)26-56-28(2)50/h11-21,24-25,37-39,41-45,54H,22-23,26H2,1-10H3/b24-14+/t37-,38+,39+,41?,42-,43?,44+,45-/m1/s1. The van der Waals surface area contributed by atoms with Crippen LogP contribution >= 0.6 is 0 Å². The topological polar surface area (TPSA) is 164 Å². The molecule has 1 amide bonds. The van der Waals surface area contributed by atoms with Crippen LogP contribution in [0.25, 0.3) is 6.08 Å². The van der Waals surface area contributed by atoms with Crippen molar-refractivity contribution in [3.05, 3.63) is 101 Å². The van der Waals surface area contributed by atoms with Gasteiger partial charge in [-0.3, -0.25) is 24.0 Å². The fraction of sp³-hybridized carbons (Fsp3) is 0.468. The first-order valence-corrected chi connectivity index (χ1v) is 23.6. The van der Waals surface area contributed by atoms with E-state index in [1.807, 2.05) is 49.4 Å². The Hall–Kier alpha value is -5.38. The van der Waals surface area contributed by atoms with Gasteiger partial charge < -0.3 is 38.1 Å². The molecule has 13 nitrogen and oxygen atoms in total. The molecule has 2 aliphatic rings. The first-order valence-electron chi connectivity index (χ1n) is 20.7. The van der Waals surface area contributed by atoms with Crippen LogP contribution in [0.5, 0.6) is 5.75 Å². The van der Waals surface area contributed by atoms with Crippen molar-refractivity contribution in [3.8, 4) is 5.75 Å². The predicted molar refractivity (Wildman–Crippen MR) is 231 cm³/mol. The number of hydrogen-bond donors (Lipinski definition) is 1. The van der Waals surface area contributed by atoms with E-state index in [-0.39, 0.29) is 24.0 Å². The van der Waals surface area contributed by atoms with Gasteiger partial charge in [0.05, 0.1) is 18.1 Å². The predicted octanol–water partition coefficient (Wildman–Crippen LogP) is 7.87. The molecule has 8 atom stereocenters. The number of rotatable bonds is 15. The van der Waals surface area contributed by atoms with Gasteiger partial charge in [-0.05, 0) is 79.4 Å². The van der Waals surface area contributed by atoms with Crippen LogP contribution in [0, 0.1) is 18.7 Å². The number of aliphatic hydroxyl groups excluding tert-OH is 1. The summed E-state index contributed by atoms with van der Waals surface area (Å²) in [4.78, 5) is 64.8. The van der Waals surface area contributed by atoms with Crippen LogP contribution in [0.4, 0.5) is 10.1 Å². The lowest BCUT2D eigenvalue weighted by molar-refractivity contribution is -0.244. The van der Waals surface area contributed by atoms with Crippen LogP contribution < -0.4 is 9.33 Å². The first kappa shape index (κ1) is 47.7. The van der Waals surface area contributed by atoms with Gasteiger partial charge in [0.2, 0.25) is 14.2 Å². The number of carbonyl (C=O) groups excluding carboxylic acids is 5. The minimum Gasteiger partial charge on any atom is -0.543 e. The van der Waals surface area contributed by atoms with Gasteiger partial charge >= 0.3 is 23.9 Å². The van der Waals surface area contributed by atoms with E-state index in [0.717, 1.165) is 25.0 Å². The molecule has 2 heterocycles. The molecule has 0 bridgehead atoms. The Bertz CT molecular complexity index is 2130. The molecular formula is C47H58FNO12Si. The number of carbonyl (C=O) groups is 5. The Morgan fingerprint density at radius 3 is 2.03 bits per heavy atom. The molecule has 3 aromatic rings. The lowest BCUT2D eigenvalue weighted by Gasteiger charge is -2.49. The zero-order valence-electron chi connectivity index (χ0n) is 37.0. The molecule has 2 saturated heterocycles. The van der Waals surface area contributed by atoms with Crippen LogP contribution in [0.15, 0.2) is 72.8 Å². The number of nitrogens with zero attached hydrogens (tertiary/aromatic N) is 1. The average molecular weight is 876 g/mol. The highest BCUT2D eigenvalue weighted by molar-refractivity contribution is 6.74. The molecule has 0 aromatic heterocycles. The summed E-state index contributed by atoms with van der Waals surface area (Å²) in [5, 5.41) is 10.9. The summed E-state index contributed by atoms with van der Waals surface area (Å²) in [7, 11) is -2.54. The molecular weight excluding hydrogens is 818 g/mol. The average Bonchev–Trinajstić information content (AvgIpc) is 3.17. The van der Waals surface area contributed by atoms with Crippen LogP contribution in [-0.2, 0) is 47.7 Å². The van der Waals surface area contributed by atoms with Crippen LogP contribution in [-0.4, -0.2) is 80.3 Å². The number of β-lactam (4-membered cyclic amide) rings is 1. The lowest BCUT2D eigenvalue weighted by Crippen LogP contribution is -2.61. The van der Waals surface area contributed by atoms with Gasteiger partial charge in [0, 0.05) is 38.9 Å². The van der Waals surface area contributed by atoms with Crippen molar-refractivity contribution in [1.82, 2.24) is 0 Å². The number of hydrogen-bond acceptors (Lipinski definition) is 12. The number of halogens is 1. The largest absolute Gasteiger partial charge is 0.543 e. The van der Waals surface area contributed by atoms with Crippen molar-refractivity contribution in [2.45, 2.75) is 129 Å². The van der Waals surface area contributed by atoms with E-state index >= 15 is 0 Å². The number of ether oxygens (including phenoxy) is 5. The van der Waals surface area contributed by atoms with Crippen molar-refractivity contribution >= 4 is 49.9 Å². The zero-order chi connectivity index (χ0) is 45.7. The molecule has 334 valence electrons. The quantitative estimate of drug-likeness (QED) is 0.0681. The molecule has 0 spiro atoms. The summed E-state index contributed by atoms with van der Waals surface area (Å²) in [6, 6.07) is 18.5. The highest BCUT2D eigenvalue weighted by Gasteiger charge is 2.52. The molecule has 5 rings (SSSR count). The lowest BCUT2D eigenvalue weighted by atomic mass is 9.77. The Balaban J connectivity index is 1.58. The van der Waals surface area contributed by atoms with Crippen molar-refractivity contribution in [2.75, 3.05) is 11.5 Å². The molecule has 0 aliphatic carbocycles. The third-order valence-electron chi connectivity index (χ3n) is 11.6. The zero-order valence-corrected chi connectivity index (χ0v) is 38.0. The summed E-state index contributed by atoms with van der Waals surface area (Å²) >= 11 is 0. The molecule has 1 N–H and O–H groups in total. The smallest absolute Gasteiger partial charge is 0.303 e. The van der Waals surface area contributed by atoms with E-state index in [1.54, 1.807) is 17.1 Å². The summed E-state index contributed by atoms with van der Waals surface area (Å²) in [6.45, 7) is 16.9. The second-order valence-electron chi connectivity index (χ2n) is 17.4. The molecule has 3 aromatic carbocycles. The monoisotopic (exact) mass is 875 g/mol. The number of aliphatic hydroxyl groups is 1. The summed E-state index contributed by atoms with van der Waals surface area (Å²) in [6.07, 6.45) is -3.06. The Labute approximate surface area is 363 Å². The van der Waals surface area contributed by atoms with Crippen LogP contribution in [0.1, 0.15) is 95.7 Å². The van der Waals surface area contributed by atoms with Gasteiger partial charge in [-0.2, -0.15) is 0 Å². The van der Waals surface area contributed by atoms with E-state index in [0.29, 0.717) is 29.0 Å². The maximum absolute atomic E-state index is 14.1. The maximum atomic E-state index is 14.1. The van der Waals surface area contributed by atoms with E-state index in [1.165, 1.54) is 38.1 Å². The second kappa shape index (κ2) is 19.8. The summed E-state index contributed by atoms with van der Waals surface area (Å²) < 4.78 is 49.1. The summed E-state index contributed by atoms with van der Waals surface area (Å²) in [5.41, 5.74) is 3.71. The Morgan fingerprint density at radius 1 is 0.855 bits per heavy atom. The highest BCUT2D eigenvalue weighted by Crippen LogP contribution is 2.50. The van der Waals surface area contributed by atoms with Gasteiger partial charge in [0.25, 0.3) is 0 Å². The third kappa shape index (κ3) is 11.5. The molecule has 2 unspecified atom stereocenters. The van der Waals surface area contributed by atoms with Gasteiger partial charge in [-0.1, -0.05) is 74.9 Å². The van der Waals surface area contributed by atoms with E-state index < -0.39 is 86.6 Å². The van der Waals surface area contributed by atoms with Crippen LogP contribution in [0.3, 0.4) is 0 Å². The Kier molecular flexibility index (Phi) is 15.2. The van der Waals surface area contributed by atoms with E-state index in [4.69, 9.17) is 28.1 Å². The van der Waals surface area contributed by atoms with Crippen molar-refractivity contribution in [1.29, 1.82) is 0 Å². The molecule has 0 radical (unpaired) electrons. The fourth-order valence-electron chi connectivity index (χ4n) is 7.41. The molecule has 0 saturated carbocycles. The number of benzene rings is 3. The molecule has 15 heteroatoms. The minimum atomic E-state index is -2.54. The number of esters is 4. The van der Waals surface area contributed by atoms with Gasteiger partial charge in [0.15, 0.2) is 18.3 Å². The number of amides is 1. The first-order chi connectivity index (χ1) is 29.1. The minimum absolute atomic E-state index is 0.101. The van der Waals surface area contributed by atoms with Crippen molar-refractivity contribution in [3.63, 3.8) is 0 Å². The van der Waals surface area contributed by atoms with E-state index in [2.05, 4.69) is 33.9 Å². The molecule has 62 heavy (non-hydrogen) atoms. The molecule has 2 fully saturated rings. The third-order valence-corrected chi connectivity index (χ3v) is 15.9. The van der Waals surface area contributed by atoms with Gasteiger partial charge in [-0.15, -0.1) is 0 Å². The van der Waals surface area contributed by atoms with Gasteiger partial charge in [-0.25, -0.2) is 4.39 Å². The molecule has 2 aliphatic heterocycles. The van der Waals surface area contributed by atoms with Crippen molar-refractivity contribution < 1.29 is 61.6 Å². The van der Waals surface area contributed by atoms with Gasteiger partial charge in [0.1, 0.15) is 30.4 Å². The Morgan fingerprint density at radius 2 is 1.45 bits per heavy atom. The SMILES string of the molecule is CC(=O)OCC1O[C@@H](/C=C/c2ccc([C@@H]3[C@@H](CC[C@H](O)c4ccc(F)cc4)C(=O)N3c3ccc(C)cc3)c(O[Si](C)(C)C(C)(C)C)c2)C(OC(C)=O)[C@@H](OC(C)=O)[C@H]1OC(C)=O. The number of anilines is 1. The number of aryl methyl sites for hydroxylation is 1. The highest BCUT2D eigenvalue weighted by atomic mass is 28.4. The van der Waals surface area contributed by atoms with Crippen LogP contribution in [0.2, 0.25) is 18.1 Å². The normalized spacial score (nSPS) is 23.3. The summed E-state index contributed by atoms with van der Waals surface area (Å²) in [5.74, 6) is -3.27. The van der Waals surface area contributed by atoms with Crippen molar-refractivity contribution in [2.24, 2.45) is 5.92 Å². The maximum Gasteiger partial charge on any atom is 0.303 e. The second-order valence-corrected chi connectivity index (χ2v) is 22.1. The van der Waals surface area contributed by atoms with E-state index in [9.17, 15) is 33.5 Å².